The van der Waals surface area contributed by atoms with Gasteiger partial charge in [-0.3, -0.25) is 14.4 Å². The van der Waals surface area contributed by atoms with E-state index in [9.17, 15) is 14.4 Å². The molecule has 1 atom stereocenters. The Morgan fingerprint density at radius 3 is 2.31 bits per heavy atom. The number of nitrogens with two attached hydrogens (primary N) is 1. The molecule has 0 aromatic carbocycles. The van der Waals surface area contributed by atoms with Crippen LogP contribution in [0.4, 0.5) is 0 Å². The van der Waals surface area contributed by atoms with Crippen molar-refractivity contribution in [3.8, 4) is 0 Å². The zero-order chi connectivity index (χ0) is 21.2. The molecule has 10 heteroatoms. The molecule has 1 unspecified atom stereocenters. The van der Waals surface area contributed by atoms with E-state index in [1.807, 2.05) is 0 Å². The predicted molar refractivity (Wildman–Crippen MR) is 105 cm³/mol. The third kappa shape index (κ3) is 15.8. The summed E-state index contributed by atoms with van der Waals surface area (Å²) in [6.45, 7) is 3.71. The average Bonchev–Trinajstić information content (AvgIpc) is 2.68. The van der Waals surface area contributed by atoms with Gasteiger partial charge in [-0.15, -0.1) is 0 Å². The van der Waals surface area contributed by atoms with Gasteiger partial charge in [0.15, 0.2) is 0 Å². The number of ether oxygens (including phenoxy) is 4. The van der Waals surface area contributed by atoms with Crippen LogP contribution in [0.1, 0.15) is 32.1 Å². The number of rotatable bonds is 2. The molecule has 0 aromatic heterocycles. The van der Waals surface area contributed by atoms with Crippen LogP contribution < -0.4 is 16.4 Å². The van der Waals surface area contributed by atoms with Crippen LogP contribution in [-0.4, -0.2) is 83.7 Å². The number of hydrogen-bond acceptors (Lipinski definition) is 7. The molecule has 1 heterocycles. The lowest BCUT2D eigenvalue weighted by atomic mass is 10.0. The monoisotopic (exact) mass is 417 g/mol. The molecule has 4 N–H and O–H groups in total. The van der Waals surface area contributed by atoms with Crippen molar-refractivity contribution >= 4 is 17.7 Å². The van der Waals surface area contributed by atoms with Gasteiger partial charge in [0.25, 0.3) is 0 Å². The van der Waals surface area contributed by atoms with E-state index >= 15 is 0 Å². The highest BCUT2D eigenvalue weighted by atomic mass is 16.5. The van der Waals surface area contributed by atoms with Gasteiger partial charge in [0.05, 0.1) is 33.0 Å². The third-order valence-electron chi connectivity index (χ3n) is 4.24. The second-order valence-corrected chi connectivity index (χ2v) is 6.83. The molecule has 29 heavy (non-hydrogen) atoms. The highest BCUT2D eigenvalue weighted by Crippen LogP contribution is 2.08. The summed E-state index contributed by atoms with van der Waals surface area (Å²) in [6, 6.07) is 0. The molecule has 1 saturated heterocycles. The van der Waals surface area contributed by atoms with Crippen LogP contribution in [0.15, 0.2) is 0 Å². The third-order valence-corrected chi connectivity index (χ3v) is 4.24. The van der Waals surface area contributed by atoms with Crippen molar-refractivity contribution in [1.29, 1.82) is 0 Å². The maximum absolute atomic E-state index is 12.0. The summed E-state index contributed by atoms with van der Waals surface area (Å²) in [5, 5.41) is 5.55. The number of primary amides is 1. The van der Waals surface area contributed by atoms with Crippen LogP contribution in [0, 0.1) is 5.92 Å². The molecular formula is C19H35N3O7. The normalized spacial score (nSPS) is 23.5. The minimum Gasteiger partial charge on any atom is -0.380 e. The number of carbonyl (C=O) groups is 3. The van der Waals surface area contributed by atoms with Crippen LogP contribution in [0.2, 0.25) is 0 Å². The fourth-order valence-electron chi connectivity index (χ4n) is 2.67. The van der Waals surface area contributed by atoms with Crippen molar-refractivity contribution in [2.75, 3.05) is 65.9 Å². The molecule has 168 valence electrons. The van der Waals surface area contributed by atoms with Gasteiger partial charge in [-0.25, -0.2) is 0 Å². The van der Waals surface area contributed by atoms with E-state index in [4.69, 9.17) is 24.7 Å². The van der Waals surface area contributed by atoms with Crippen LogP contribution in [0.3, 0.4) is 0 Å². The first kappa shape index (κ1) is 25.3. The Bertz CT molecular complexity index is 477. The second kappa shape index (κ2) is 17.1. The number of amides is 3. The summed E-state index contributed by atoms with van der Waals surface area (Å²) in [4.78, 5) is 34.8. The lowest BCUT2D eigenvalue weighted by Crippen LogP contribution is -2.33. The van der Waals surface area contributed by atoms with Gasteiger partial charge in [-0.05, 0) is 25.2 Å². The van der Waals surface area contributed by atoms with Crippen LogP contribution >= 0.6 is 0 Å². The van der Waals surface area contributed by atoms with Crippen LogP contribution in [-0.2, 0) is 33.3 Å². The molecule has 0 spiro atoms. The van der Waals surface area contributed by atoms with E-state index in [1.54, 1.807) is 0 Å². The smallest absolute Gasteiger partial charge is 0.246 e. The Kier molecular flexibility index (Phi) is 14.9. The molecule has 0 bridgehead atoms. The van der Waals surface area contributed by atoms with E-state index in [0.29, 0.717) is 72.2 Å². The minimum absolute atomic E-state index is 0.0275. The molecule has 0 aromatic rings. The van der Waals surface area contributed by atoms with Gasteiger partial charge >= 0.3 is 0 Å². The number of nitrogens with one attached hydrogen (secondary N) is 2. The van der Waals surface area contributed by atoms with Gasteiger partial charge in [-0.1, -0.05) is 0 Å². The molecule has 1 aliphatic rings. The van der Waals surface area contributed by atoms with Crippen LogP contribution in [0.5, 0.6) is 0 Å². The Hall–Kier alpha value is -1.75. The number of hydrogen-bond donors (Lipinski definition) is 3. The standard InChI is InChI=1S/C19H35N3O7/c20-17(23)13-16-4-7-27-8-5-21-19(25)15-29-12-11-28-10-9-26-6-2-1-3-18(24)22-14-16/h16H,1-15H2,(H2,20,23)(H,21,25)(H,22,24). The van der Waals surface area contributed by atoms with Crippen LogP contribution in [0.25, 0.3) is 0 Å². The summed E-state index contributed by atoms with van der Waals surface area (Å²) >= 11 is 0. The first-order chi connectivity index (χ1) is 14.1. The van der Waals surface area contributed by atoms with E-state index < -0.39 is 5.91 Å². The summed E-state index contributed by atoms with van der Waals surface area (Å²) < 4.78 is 21.5. The average molecular weight is 418 g/mol. The zero-order valence-electron chi connectivity index (χ0n) is 17.1. The predicted octanol–water partition coefficient (Wildman–Crippen LogP) is -0.649. The topological polar surface area (TPSA) is 138 Å². The fraction of sp³-hybridized carbons (Fsp3) is 0.842. The molecule has 1 fully saturated rings. The largest absolute Gasteiger partial charge is 0.380 e. The molecular weight excluding hydrogens is 382 g/mol. The maximum Gasteiger partial charge on any atom is 0.246 e. The summed E-state index contributed by atoms with van der Waals surface area (Å²) in [5.74, 6) is -0.756. The molecule has 0 aliphatic carbocycles. The van der Waals surface area contributed by atoms with E-state index in [0.717, 1.165) is 12.8 Å². The van der Waals surface area contributed by atoms with E-state index in [2.05, 4.69) is 10.6 Å². The quantitative estimate of drug-likeness (QED) is 0.543. The van der Waals surface area contributed by atoms with Gasteiger partial charge in [0.1, 0.15) is 6.61 Å². The van der Waals surface area contributed by atoms with E-state index in [1.165, 1.54) is 0 Å². The maximum atomic E-state index is 12.0. The van der Waals surface area contributed by atoms with Crippen molar-refractivity contribution in [2.24, 2.45) is 11.7 Å². The Morgan fingerprint density at radius 2 is 1.55 bits per heavy atom. The molecule has 10 nitrogen and oxygen atoms in total. The van der Waals surface area contributed by atoms with Gasteiger partial charge < -0.3 is 35.3 Å². The van der Waals surface area contributed by atoms with Crippen molar-refractivity contribution in [1.82, 2.24) is 10.6 Å². The SMILES string of the molecule is NC(=O)CC1CCOCCNC(=O)COCCOCCOCCCCC(=O)NC1. The molecule has 1 aliphatic heterocycles. The first-order valence-electron chi connectivity index (χ1n) is 10.2. The highest BCUT2D eigenvalue weighted by molar-refractivity contribution is 5.77. The Morgan fingerprint density at radius 1 is 0.862 bits per heavy atom. The fourth-order valence-corrected chi connectivity index (χ4v) is 2.67. The lowest BCUT2D eigenvalue weighted by molar-refractivity contribution is -0.126. The zero-order valence-corrected chi connectivity index (χ0v) is 17.1. The first-order valence-corrected chi connectivity index (χ1v) is 10.2. The van der Waals surface area contributed by atoms with Crippen molar-refractivity contribution in [3.05, 3.63) is 0 Å². The Balaban J connectivity index is 2.38. The number of carbonyl (C=O) groups excluding carboxylic acids is 3. The molecule has 0 radical (unpaired) electrons. The van der Waals surface area contributed by atoms with Crippen molar-refractivity contribution < 1.29 is 33.3 Å². The van der Waals surface area contributed by atoms with E-state index in [-0.39, 0.29) is 30.8 Å². The minimum atomic E-state index is -0.407. The molecule has 0 saturated carbocycles. The summed E-state index contributed by atoms with van der Waals surface area (Å²) in [6.07, 6.45) is 2.70. The summed E-state index contributed by atoms with van der Waals surface area (Å²) in [5.41, 5.74) is 5.29. The Labute approximate surface area is 172 Å². The highest BCUT2D eigenvalue weighted by Gasteiger charge is 2.14. The molecule has 3 amide bonds. The lowest BCUT2D eigenvalue weighted by Gasteiger charge is -2.16. The van der Waals surface area contributed by atoms with Crippen molar-refractivity contribution in [2.45, 2.75) is 32.1 Å². The van der Waals surface area contributed by atoms with Gasteiger partial charge in [0.2, 0.25) is 17.7 Å². The van der Waals surface area contributed by atoms with Crippen molar-refractivity contribution in [3.63, 3.8) is 0 Å². The second-order valence-electron chi connectivity index (χ2n) is 6.83. The molecule has 1 rings (SSSR count). The summed E-state index contributed by atoms with van der Waals surface area (Å²) in [7, 11) is 0. The van der Waals surface area contributed by atoms with Gasteiger partial charge in [0, 0.05) is 39.1 Å². The van der Waals surface area contributed by atoms with Gasteiger partial charge in [-0.2, -0.15) is 0 Å².